The lowest BCUT2D eigenvalue weighted by Gasteiger charge is -2.11. The van der Waals surface area contributed by atoms with Crippen molar-refractivity contribution in [3.63, 3.8) is 0 Å². The number of benzene rings is 2. The molecule has 0 aliphatic rings. The van der Waals surface area contributed by atoms with Crippen molar-refractivity contribution in [3.05, 3.63) is 51.2 Å². The fourth-order valence-electron chi connectivity index (χ4n) is 1.40. The Morgan fingerprint density at radius 1 is 0.944 bits per heavy atom. The molecule has 0 heterocycles. The number of nitrogens with one attached hydrogen (secondary N) is 1. The largest absolute Gasteiger partial charge is 0.397 e. The summed E-state index contributed by atoms with van der Waals surface area (Å²) in [4.78, 5) is 0. The zero-order valence-electron chi connectivity index (χ0n) is 8.98. The van der Waals surface area contributed by atoms with Gasteiger partial charge in [-0.05, 0) is 24.3 Å². The molecule has 0 radical (unpaired) electrons. The van der Waals surface area contributed by atoms with Gasteiger partial charge in [0.25, 0.3) is 0 Å². The summed E-state index contributed by atoms with van der Waals surface area (Å²) in [6.45, 7) is 0. The Bertz CT molecular complexity index is 602. The van der Waals surface area contributed by atoms with Crippen LogP contribution in [-0.4, -0.2) is 0 Å². The van der Waals surface area contributed by atoms with Crippen LogP contribution < -0.4 is 11.1 Å². The van der Waals surface area contributed by atoms with Crippen molar-refractivity contribution in [1.29, 1.82) is 0 Å². The van der Waals surface area contributed by atoms with Crippen LogP contribution in [0.3, 0.4) is 0 Å². The van der Waals surface area contributed by atoms with E-state index in [0.717, 1.165) is 0 Å². The van der Waals surface area contributed by atoms with Gasteiger partial charge in [-0.3, -0.25) is 0 Å². The molecule has 0 bridgehead atoms. The second-order valence-electron chi connectivity index (χ2n) is 3.61. The maximum absolute atomic E-state index is 13.3. The number of hydrogen-bond acceptors (Lipinski definition) is 2. The quantitative estimate of drug-likeness (QED) is 0.756. The Morgan fingerprint density at radius 2 is 1.67 bits per heavy atom. The molecule has 2 aromatic carbocycles. The molecule has 0 fully saturated rings. The molecule has 0 aliphatic carbocycles. The van der Waals surface area contributed by atoms with Gasteiger partial charge in [-0.1, -0.05) is 34.8 Å². The molecule has 0 aromatic heterocycles. The van der Waals surface area contributed by atoms with Crippen LogP contribution in [0.25, 0.3) is 0 Å². The average Bonchev–Trinajstić information content (AvgIpc) is 2.31. The van der Waals surface area contributed by atoms with Gasteiger partial charge >= 0.3 is 0 Å². The predicted molar refractivity (Wildman–Crippen MR) is 75.6 cm³/mol. The highest BCUT2D eigenvalue weighted by molar-refractivity contribution is 6.42. The lowest BCUT2D eigenvalue weighted by molar-refractivity contribution is 0.629. The second kappa shape index (κ2) is 5.22. The van der Waals surface area contributed by atoms with Crippen molar-refractivity contribution in [2.24, 2.45) is 0 Å². The summed E-state index contributed by atoms with van der Waals surface area (Å²) in [5.74, 6) is -0.548. The van der Waals surface area contributed by atoms with E-state index in [2.05, 4.69) is 5.32 Å². The Kier molecular flexibility index (Phi) is 3.85. The second-order valence-corrected chi connectivity index (χ2v) is 4.83. The van der Waals surface area contributed by atoms with Gasteiger partial charge in [-0.15, -0.1) is 0 Å². The first kappa shape index (κ1) is 13.3. The standard InChI is InChI=1S/C12H8Cl3FN2/c13-7-2-1-6(3-8(7)14)18-12-5-10(16)9(15)4-11(12)17/h1-5,18H,17H2. The van der Waals surface area contributed by atoms with E-state index in [1.165, 1.54) is 12.1 Å². The summed E-state index contributed by atoms with van der Waals surface area (Å²) >= 11 is 17.3. The summed E-state index contributed by atoms with van der Waals surface area (Å²) < 4.78 is 13.3. The monoisotopic (exact) mass is 304 g/mol. The summed E-state index contributed by atoms with van der Waals surface area (Å²) in [6.07, 6.45) is 0. The highest BCUT2D eigenvalue weighted by atomic mass is 35.5. The van der Waals surface area contributed by atoms with Crippen LogP contribution in [-0.2, 0) is 0 Å². The molecular formula is C12H8Cl3FN2. The van der Waals surface area contributed by atoms with Crippen molar-refractivity contribution >= 4 is 51.9 Å². The smallest absolute Gasteiger partial charge is 0.144 e. The fraction of sp³-hybridized carbons (Fsp3) is 0. The summed E-state index contributed by atoms with van der Waals surface area (Å²) in [6, 6.07) is 7.53. The average molecular weight is 306 g/mol. The van der Waals surface area contributed by atoms with Crippen molar-refractivity contribution < 1.29 is 4.39 Å². The minimum atomic E-state index is -0.548. The van der Waals surface area contributed by atoms with Gasteiger partial charge in [0.15, 0.2) is 0 Å². The number of hydrogen-bond donors (Lipinski definition) is 2. The number of nitrogen functional groups attached to an aromatic ring is 1. The number of anilines is 3. The van der Waals surface area contributed by atoms with Crippen LogP contribution in [0.15, 0.2) is 30.3 Å². The van der Waals surface area contributed by atoms with Crippen molar-refractivity contribution in [1.82, 2.24) is 0 Å². The third-order valence-corrected chi connectivity index (χ3v) is 3.32. The van der Waals surface area contributed by atoms with Crippen LogP contribution in [0.1, 0.15) is 0 Å². The zero-order chi connectivity index (χ0) is 13.3. The molecule has 0 saturated carbocycles. The van der Waals surface area contributed by atoms with E-state index in [4.69, 9.17) is 40.5 Å². The third-order valence-electron chi connectivity index (χ3n) is 2.29. The Hall–Kier alpha value is -1.16. The maximum atomic E-state index is 13.3. The molecule has 0 unspecified atom stereocenters. The molecule has 0 spiro atoms. The van der Waals surface area contributed by atoms with Crippen LogP contribution in [0.2, 0.25) is 15.1 Å². The Morgan fingerprint density at radius 3 is 2.33 bits per heavy atom. The molecular weight excluding hydrogens is 298 g/mol. The molecule has 0 saturated heterocycles. The van der Waals surface area contributed by atoms with Gasteiger partial charge in [0.05, 0.1) is 26.4 Å². The van der Waals surface area contributed by atoms with Crippen LogP contribution in [0.5, 0.6) is 0 Å². The van der Waals surface area contributed by atoms with Gasteiger partial charge in [0, 0.05) is 11.8 Å². The molecule has 18 heavy (non-hydrogen) atoms. The molecule has 94 valence electrons. The van der Waals surface area contributed by atoms with Crippen LogP contribution in [0, 0.1) is 5.82 Å². The van der Waals surface area contributed by atoms with E-state index in [1.54, 1.807) is 18.2 Å². The fourth-order valence-corrected chi connectivity index (χ4v) is 1.87. The molecule has 3 N–H and O–H groups in total. The van der Waals surface area contributed by atoms with Gasteiger partial charge < -0.3 is 11.1 Å². The lowest BCUT2D eigenvalue weighted by Crippen LogP contribution is -1.97. The van der Waals surface area contributed by atoms with E-state index in [1.807, 2.05) is 0 Å². The van der Waals surface area contributed by atoms with Gasteiger partial charge in [0.1, 0.15) is 5.82 Å². The van der Waals surface area contributed by atoms with E-state index in [0.29, 0.717) is 27.1 Å². The van der Waals surface area contributed by atoms with Crippen molar-refractivity contribution in [2.75, 3.05) is 11.1 Å². The van der Waals surface area contributed by atoms with Crippen molar-refractivity contribution in [3.8, 4) is 0 Å². The van der Waals surface area contributed by atoms with E-state index >= 15 is 0 Å². The van der Waals surface area contributed by atoms with E-state index < -0.39 is 5.82 Å². The Balaban J connectivity index is 2.34. The summed E-state index contributed by atoms with van der Waals surface area (Å²) in [5.41, 5.74) is 7.14. The lowest BCUT2D eigenvalue weighted by atomic mass is 10.2. The maximum Gasteiger partial charge on any atom is 0.144 e. The topological polar surface area (TPSA) is 38.0 Å². The van der Waals surface area contributed by atoms with E-state index in [-0.39, 0.29) is 5.02 Å². The van der Waals surface area contributed by atoms with Crippen LogP contribution >= 0.6 is 34.8 Å². The number of halogens is 4. The summed E-state index contributed by atoms with van der Waals surface area (Å²) in [5, 5.41) is 3.76. The molecule has 0 amide bonds. The normalized spacial score (nSPS) is 10.4. The van der Waals surface area contributed by atoms with Crippen molar-refractivity contribution in [2.45, 2.75) is 0 Å². The molecule has 0 atom stereocenters. The molecule has 6 heteroatoms. The molecule has 2 nitrogen and oxygen atoms in total. The predicted octanol–water partition coefficient (Wildman–Crippen LogP) is 5.11. The first-order chi connectivity index (χ1) is 8.47. The SMILES string of the molecule is Nc1cc(Cl)c(F)cc1Nc1ccc(Cl)c(Cl)c1. The third kappa shape index (κ3) is 2.80. The van der Waals surface area contributed by atoms with Gasteiger partial charge in [0.2, 0.25) is 0 Å². The van der Waals surface area contributed by atoms with Gasteiger partial charge in [-0.2, -0.15) is 0 Å². The van der Waals surface area contributed by atoms with Crippen LogP contribution in [0.4, 0.5) is 21.5 Å². The first-order valence-corrected chi connectivity index (χ1v) is 6.07. The van der Waals surface area contributed by atoms with Gasteiger partial charge in [-0.25, -0.2) is 4.39 Å². The molecule has 2 aromatic rings. The minimum absolute atomic E-state index is 0.0211. The highest BCUT2D eigenvalue weighted by Gasteiger charge is 2.07. The highest BCUT2D eigenvalue weighted by Crippen LogP contribution is 2.31. The minimum Gasteiger partial charge on any atom is -0.397 e. The number of nitrogens with two attached hydrogens (primary N) is 1. The number of rotatable bonds is 2. The first-order valence-electron chi connectivity index (χ1n) is 4.94. The molecule has 2 rings (SSSR count). The van der Waals surface area contributed by atoms with E-state index in [9.17, 15) is 4.39 Å². The molecule has 0 aliphatic heterocycles. The Labute approximate surface area is 118 Å². The zero-order valence-corrected chi connectivity index (χ0v) is 11.2. The summed E-state index contributed by atoms with van der Waals surface area (Å²) in [7, 11) is 0.